The average molecular weight is 1210 g/mol. The van der Waals surface area contributed by atoms with E-state index >= 15 is 0 Å². The van der Waals surface area contributed by atoms with E-state index in [1.54, 1.807) is 21.3 Å². The van der Waals surface area contributed by atoms with Gasteiger partial charge in [-0.3, -0.25) is 9.08 Å². The summed E-state index contributed by atoms with van der Waals surface area (Å²) in [4.78, 5) is 45.8. The van der Waals surface area contributed by atoms with Crippen LogP contribution in [0.25, 0.3) is 67.3 Å². The van der Waals surface area contributed by atoms with Crippen molar-refractivity contribution in [1.29, 1.82) is 0 Å². The Morgan fingerprint density at radius 3 is 1.15 bits per heavy atom. The number of aromatic nitrogens is 12. The van der Waals surface area contributed by atoms with Crippen molar-refractivity contribution < 1.29 is 36.7 Å². The molecule has 1 saturated heterocycles. The average Bonchev–Trinajstić information content (AvgIpc) is 1.80. The lowest BCUT2D eigenvalue weighted by molar-refractivity contribution is 0.0358. The molecule has 10 heterocycles. The summed E-state index contributed by atoms with van der Waals surface area (Å²) in [7, 11) is 7.25. The van der Waals surface area contributed by atoms with Crippen LogP contribution in [0.2, 0.25) is 0 Å². The number of morpholine rings is 1. The fourth-order valence-corrected chi connectivity index (χ4v) is 11.2. The summed E-state index contributed by atoms with van der Waals surface area (Å²) >= 11 is 0. The predicted octanol–water partition coefficient (Wildman–Crippen LogP) is 11.0. The zero-order chi connectivity index (χ0) is 63.3. The molecule has 9 aromatic rings. The third-order valence-electron chi connectivity index (χ3n) is 15.8. The van der Waals surface area contributed by atoms with Gasteiger partial charge in [0, 0.05) is 112 Å². The second-order valence-electron chi connectivity index (χ2n) is 23.7. The monoisotopic (exact) mass is 1210 g/mol. The molecule has 0 bridgehead atoms. The first-order chi connectivity index (χ1) is 41.3. The number of hydrogen-bond donors (Lipinski definition) is 1. The van der Waals surface area contributed by atoms with Crippen LogP contribution in [0.15, 0.2) is 55.0 Å². The van der Waals surface area contributed by atoms with E-state index in [0.29, 0.717) is 46.7 Å². The van der Waals surface area contributed by atoms with Gasteiger partial charge < -0.3 is 37.8 Å². The minimum Gasteiger partial charge on any atom is -0.480 e. The summed E-state index contributed by atoms with van der Waals surface area (Å²) < 4.78 is 55.8. The second kappa shape index (κ2) is 27.7. The Morgan fingerprint density at radius 1 is 0.506 bits per heavy atom. The zero-order valence-electron chi connectivity index (χ0n) is 54.1. The second-order valence-corrected chi connectivity index (χ2v) is 25.3. The largest absolute Gasteiger partial charge is 0.480 e. The lowest BCUT2D eigenvalue weighted by Gasteiger charge is -2.29. The van der Waals surface area contributed by atoms with Crippen LogP contribution in [0.3, 0.4) is 0 Å². The molecule has 21 nitrogen and oxygen atoms in total. The third-order valence-corrected chi connectivity index (χ3v) is 16.3. The van der Waals surface area contributed by atoms with Gasteiger partial charge >= 0.3 is 0 Å². The van der Waals surface area contributed by atoms with Crippen LogP contribution < -0.4 is 14.2 Å². The van der Waals surface area contributed by atoms with Crippen molar-refractivity contribution in [2.24, 2.45) is 21.1 Å². The molecule has 10 rings (SSSR count). The number of ether oxygens (including phenoxy) is 4. The van der Waals surface area contributed by atoms with E-state index < -0.39 is 10.1 Å². The van der Waals surface area contributed by atoms with E-state index in [2.05, 4.69) is 86.2 Å². The number of methoxy groups -OCH3 is 3. The minimum atomic E-state index is -3.51. The molecule has 0 aromatic carbocycles. The first-order valence-electron chi connectivity index (χ1n) is 29.7. The Balaban J connectivity index is 0.000000170. The van der Waals surface area contributed by atoms with Crippen LogP contribution in [0, 0.1) is 20.8 Å². The number of nitrogens with zero attached hydrogens (tertiary/aromatic N) is 13. The van der Waals surface area contributed by atoms with Crippen molar-refractivity contribution in [3.8, 4) is 51.4 Å². The van der Waals surface area contributed by atoms with E-state index in [0.717, 1.165) is 140 Å². The van der Waals surface area contributed by atoms with Gasteiger partial charge in [0.1, 0.15) is 16.6 Å². The molecule has 9 aromatic heterocycles. The van der Waals surface area contributed by atoms with Gasteiger partial charge in [-0.15, -0.1) is 0 Å². The highest BCUT2D eigenvalue weighted by Crippen LogP contribution is 2.38. The molecule has 0 aliphatic carbocycles. The van der Waals surface area contributed by atoms with Crippen molar-refractivity contribution >= 4 is 43.6 Å². The molecule has 3 atom stereocenters. The first-order valence-corrected chi connectivity index (χ1v) is 31.5. The first kappa shape index (κ1) is 65.5. The van der Waals surface area contributed by atoms with Gasteiger partial charge in [-0.25, -0.2) is 44.9 Å². The number of aryl methyl sites for hydroxylation is 6. The van der Waals surface area contributed by atoms with Crippen LogP contribution in [0.1, 0.15) is 149 Å². The maximum atomic E-state index is 11.3. The number of aliphatic hydroxyl groups excluding tert-OH is 1. The smallest absolute Gasteiger partial charge is 0.264 e. The highest BCUT2D eigenvalue weighted by atomic mass is 32.2. The topological polar surface area (TPSA) is 235 Å². The Labute approximate surface area is 512 Å². The summed E-state index contributed by atoms with van der Waals surface area (Å²) in [5, 5.41) is 9.52. The molecule has 87 heavy (non-hydrogen) atoms. The maximum absolute atomic E-state index is 11.3. The van der Waals surface area contributed by atoms with E-state index in [1.165, 1.54) is 5.56 Å². The van der Waals surface area contributed by atoms with Gasteiger partial charge in [-0.2, -0.15) is 8.42 Å². The van der Waals surface area contributed by atoms with Gasteiger partial charge in [0.05, 0.1) is 98.3 Å². The van der Waals surface area contributed by atoms with E-state index in [-0.39, 0.29) is 31.0 Å². The Kier molecular flexibility index (Phi) is 20.8. The number of fused-ring (bicyclic) bond motifs is 3. The van der Waals surface area contributed by atoms with Crippen LogP contribution >= 0.6 is 0 Å². The standard InChI is InChI=1S/C24H33N5O2.C21H28N4O4S.C20H26N4O2/c1-15(2)20-8-7-18(24(26-20)30-6)21-17(4)25-22-19(14-28(5)23(22)27-21)16(3)13-29-9-11-31-12-10-29;1-12(2)17-9-8-15(21(23-17)28-6)18-14(4)22-19-16(10-25(5)20(19)24-18)13(3)11-29-30(7,26)27;1-11(2)16-8-7-14(20(22-16)26-6)17-13(4)21-18-15(12(3)10-25)9-24(5)19(18)23-17/h7-8,14-16H,9-13H2,1-6H3;8-10,12-13H,11H2,1-7H3;7-9,11-12,25H,10H2,1-6H3. The van der Waals surface area contributed by atoms with E-state index in [1.807, 2.05) is 102 Å². The molecule has 1 aliphatic rings. The predicted molar refractivity (Wildman–Crippen MR) is 342 cm³/mol. The number of aliphatic hydroxyl groups is 1. The molecular formula is C65H87N13O8S. The summed E-state index contributed by atoms with van der Waals surface area (Å²) in [6.07, 6.45) is 7.13. The van der Waals surface area contributed by atoms with Crippen LogP contribution in [0.5, 0.6) is 17.6 Å². The van der Waals surface area contributed by atoms with Gasteiger partial charge in [-0.05, 0) is 80.8 Å². The number of hydrogen-bond acceptors (Lipinski definition) is 18. The van der Waals surface area contributed by atoms with Gasteiger partial charge in [0.15, 0.2) is 16.9 Å². The molecular weight excluding hydrogens is 1120 g/mol. The Hall–Kier alpha value is -7.50. The lowest BCUT2D eigenvalue weighted by Crippen LogP contribution is -2.38. The highest BCUT2D eigenvalue weighted by Gasteiger charge is 2.26. The van der Waals surface area contributed by atoms with Gasteiger partial charge in [0.25, 0.3) is 10.1 Å². The SMILES string of the molecule is COc1nc(C(C)C)ccc1-c1nc2c(nc1C)c(C(C)CN1CCOCC1)cn2C.COc1nc(C(C)C)ccc1-c1nc2c(nc1C)c(C(C)CO)cn2C.COc1nc(C(C)C)ccc1-c1nc2c(nc1C)c(C(C)COS(C)(=O)=O)cn2C. The molecule has 0 radical (unpaired) electrons. The van der Waals surface area contributed by atoms with E-state index in [4.69, 9.17) is 58.0 Å². The molecule has 22 heteroatoms. The van der Waals surface area contributed by atoms with Crippen molar-refractivity contribution in [3.05, 3.63) is 106 Å². The van der Waals surface area contributed by atoms with E-state index in [9.17, 15) is 13.5 Å². The molecule has 1 aliphatic heterocycles. The minimum absolute atomic E-state index is 0.0137. The molecule has 0 spiro atoms. The molecule has 3 unspecified atom stereocenters. The van der Waals surface area contributed by atoms with Crippen molar-refractivity contribution in [2.75, 3.05) is 73.6 Å². The quantitative estimate of drug-likeness (QED) is 0.0786. The normalized spacial score (nSPS) is 14.1. The number of rotatable bonds is 18. The Bertz CT molecular complexity index is 4020. The number of pyridine rings is 3. The summed E-state index contributed by atoms with van der Waals surface area (Å²) in [6.45, 7) is 29.4. The Morgan fingerprint density at radius 2 is 0.839 bits per heavy atom. The lowest BCUT2D eigenvalue weighted by atomic mass is 10.0. The van der Waals surface area contributed by atoms with Gasteiger partial charge in [0.2, 0.25) is 17.6 Å². The summed E-state index contributed by atoms with van der Waals surface area (Å²) in [5.41, 5.74) is 18.2. The van der Waals surface area contributed by atoms with Crippen molar-refractivity contribution in [2.45, 2.75) is 119 Å². The molecule has 1 fully saturated rings. The molecule has 0 saturated carbocycles. The summed E-state index contributed by atoms with van der Waals surface area (Å²) in [5.74, 6) is 2.83. The zero-order valence-corrected chi connectivity index (χ0v) is 55.0. The van der Waals surface area contributed by atoms with Crippen LogP contribution in [-0.2, 0) is 40.2 Å². The van der Waals surface area contributed by atoms with Crippen molar-refractivity contribution in [1.82, 2.24) is 63.5 Å². The highest BCUT2D eigenvalue weighted by molar-refractivity contribution is 7.86. The van der Waals surface area contributed by atoms with Crippen molar-refractivity contribution in [3.63, 3.8) is 0 Å². The molecule has 1 N–H and O–H groups in total. The van der Waals surface area contributed by atoms with Gasteiger partial charge in [-0.1, -0.05) is 62.3 Å². The molecule has 0 amide bonds. The summed E-state index contributed by atoms with van der Waals surface area (Å²) in [6, 6.07) is 12.1. The van der Waals surface area contributed by atoms with Crippen LogP contribution in [0.4, 0.5) is 0 Å². The third kappa shape index (κ3) is 14.6. The maximum Gasteiger partial charge on any atom is 0.264 e. The van der Waals surface area contributed by atoms with Crippen LogP contribution in [-0.4, -0.2) is 151 Å². The molecule has 466 valence electrons. The fraction of sp³-hybridized carbons (Fsp3) is 0.492. The fourth-order valence-electron chi connectivity index (χ4n) is 10.7.